The largest absolute Gasteiger partial charge is 0.456 e. The lowest BCUT2D eigenvalue weighted by Gasteiger charge is -2.11. The highest BCUT2D eigenvalue weighted by atomic mass is 35.5. The van der Waals surface area contributed by atoms with Crippen molar-refractivity contribution in [2.24, 2.45) is 0 Å². The van der Waals surface area contributed by atoms with Gasteiger partial charge in [0.2, 0.25) is 0 Å². The van der Waals surface area contributed by atoms with Crippen molar-refractivity contribution in [1.29, 1.82) is 0 Å². The SMILES string of the molecule is CN(C)CC1=C(NC(=O)Nc2ccccc2)COC1=O.Cl. The Morgan fingerprint density at radius 1 is 1.24 bits per heavy atom. The van der Waals surface area contributed by atoms with Gasteiger partial charge >= 0.3 is 12.0 Å². The molecule has 0 atom stereocenters. The smallest absolute Gasteiger partial charge is 0.337 e. The number of cyclic esters (lactones) is 1. The number of halogens is 1. The minimum atomic E-state index is -0.388. The summed E-state index contributed by atoms with van der Waals surface area (Å²) in [6, 6.07) is 8.70. The number of ether oxygens (including phenoxy) is 1. The number of para-hydroxylation sites is 1. The molecule has 7 heteroatoms. The highest BCUT2D eigenvalue weighted by molar-refractivity contribution is 5.95. The van der Waals surface area contributed by atoms with Crippen molar-refractivity contribution in [2.75, 3.05) is 32.6 Å². The molecule has 1 aliphatic rings. The first-order valence-electron chi connectivity index (χ1n) is 6.23. The fourth-order valence-corrected chi connectivity index (χ4v) is 1.84. The molecule has 0 saturated heterocycles. The molecular formula is C14H18ClN3O3. The van der Waals surface area contributed by atoms with Gasteiger partial charge in [-0.2, -0.15) is 0 Å². The number of rotatable bonds is 4. The van der Waals surface area contributed by atoms with Gasteiger partial charge < -0.3 is 20.3 Å². The number of carbonyl (C=O) groups excluding carboxylic acids is 2. The molecule has 0 fully saturated rings. The number of urea groups is 1. The first-order valence-corrected chi connectivity index (χ1v) is 6.23. The third-order valence-corrected chi connectivity index (χ3v) is 2.73. The van der Waals surface area contributed by atoms with Gasteiger partial charge in [0.05, 0.1) is 11.3 Å². The van der Waals surface area contributed by atoms with Crippen LogP contribution >= 0.6 is 12.4 Å². The summed E-state index contributed by atoms with van der Waals surface area (Å²) in [5.41, 5.74) is 1.68. The predicted molar refractivity (Wildman–Crippen MR) is 82.4 cm³/mol. The zero-order chi connectivity index (χ0) is 14.5. The summed E-state index contributed by atoms with van der Waals surface area (Å²) < 4.78 is 4.95. The zero-order valence-electron chi connectivity index (χ0n) is 11.9. The first kappa shape index (κ1) is 17.0. The number of benzene rings is 1. The second-order valence-electron chi connectivity index (χ2n) is 4.72. The number of nitrogens with one attached hydrogen (secondary N) is 2. The van der Waals surface area contributed by atoms with E-state index in [2.05, 4.69) is 10.6 Å². The van der Waals surface area contributed by atoms with Crippen LogP contribution in [0.15, 0.2) is 41.6 Å². The Bertz CT molecular complexity index is 544. The minimum absolute atomic E-state index is 0. The van der Waals surface area contributed by atoms with Crippen LogP contribution in [0.1, 0.15) is 0 Å². The Morgan fingerprint density at radius 3 is 2.52 bits per heavy atom. The Hall–Kier alpha value is -2.05. The topological polar surface area (TPSA) is 70.7 Å². The molecule has 114 valence electrons. The average molecular weight is 312 g/mol. The molecule has 1 aromatic rings. The van der Waals surface area contributed by atoms with E-state index in [9.17, 15) is 9.59 Å². The van der Waals surface area contributed by atoms with Crippen LogP contribution in [0.2, 0.25) is 0 Å². The maximum atomic E-state index is 11.9. The van der Waals surface area contributed by atoms with E-state index < -0.39 is 0 Å². The molecule has 21 heavy (non-hydrogen) atoms. The maximum Gasteiger partial charge on any atom is 0.337 e. The summed E-state index contributed by atoms with van der Waals surface area (Å²) in [5.74, 6) is -0.381. The molecule has 1 heterocycles. The summed E-state index contributed by atoms with van der Waals surface area (Å²) in [7, 11) is 3.69. The van der Waals surface area contributed by atoms with Crippen molar-refractivity contribution >= 4 is 30.1 Å². The van der Waals surface area contributed by atoms with E-state index in [0.717, 1.165) is 0 Å². The second kappa shape index (κ2) is 7.66. The average Bonchev–Trinajstić information content (AvgIpc) is 2.72. The van der Waals surface area contributed by atoms with Gasteiger partial charge in [0.25, 0.3) is 0 Å². The Kier molecular flexibility index (Phi) is 6.20. The summed E-state index contributed by atoms with van der Waals surface area (Å²) in [6.45, 7) is 0.532. The Balaban J connectivity index is 0.00000220. The number of amides is 2. The van der Waals surface area contributed by atoms with Crippen LogP contribution in [-0.4, -0.2) is 44.1 Å². The summed E-state index contributed by atoms with van der Waals surface area (Å²) in [5, 5.41) is 5.36. The van der Waals surface area contributed by atoms with E-state index in [1.807, 2.05) is 37.2 Å². The van der Waals surface area contributed by atoms with E-state index in [4.69, 9.17) is 4.74 Å². The third-order valence-electron chi connectivity index (χ3n) is 2.73. The molecule has 2 N–H and O–H groups in total. The molecular weight excluding hydrogens is 294 g/mol. The number of nitrogens with zero attached hydrogens (tertiary/aromatic N) is 1. The number of likely N-dealkylation sites (N-methyl/N-ethyl adjacent to an activating group) is 1. The van der Waals surface area contributed by atoms with Gasteiger partial charge in [0.1, 0.15) is 6.61 Å². The van der Waals surface area contributed by atoms with E-state index >= 15 is 0 Å². The van der Waals surface area contributed by atoms with Crippen LogP contribution in [0.5, 0.6) is 0 Å². The summed E-state index contributed by atoms with van der Waals surface area (Å²) in [6.07, 6.45) is 0. The van der Waals surface area contributed by atoms with E-state index in [-0.39, 0.29) is 31.0 Å². The normalized spacial score (nSPS) is 13.8. The summed E-state index contributed by atoms with van der Waals surface area (Å²) in [4.78, 5) is 25.3. The number of esters is 1. The van der Waals surface area contributed by atoms with Crippen molar-refractivity contribution in [3.8, 4) is 0 Å². The molecule has 0 unspecified atom stereocenters. The lowest BCUT2D eigenvalue weighted by molar-refractivity contribution is -0.136. The molecule has 6 nitrogen and oxygen atoms in total. The van der Waals surface area contributed by atoms with Crippen LogP contribution in [0, 0.1) is 0 Å². The molecule has 2 amide bonds. The van der Waals surface area contributed by atoms with Gasteiger partial charge in [-0.25, -0.2) is 9.59 Å². The number of hydrogen-bond donors (Lipinski definition) is 2. The lowest BCUT2D eigenvalue weighted by Crippen LogP contribution is -2.30. The van der Waals surface area contributed by atoms with Crippen molar-refractivity contribution in [3.63, 3.8) is 0 Å². The Morgan fingerprint density at radius 2 is 1.90 bits per heavy atom. The molecule has 0 aromatic heterocycles. The van der Waals surface area contributed by atoms with Gasteiger partial charge in [-0.3, -0.25) is 0 Å². The third kappa shape index (κ3) is 4.77. The van der Waals surface area contributed by atoms with Gasteiger partial charge in [-0.1, -0.05) is 18.2 Å². The fourth-order valence-electron chi connectivity index (χ4n) is 1.84. The van der Waals surface area contributed by atoms with Gasteiger partial charge in [0, 0.05) is 12.2 Å². The highest BCUT2D eigenvalue weighted by Gasteiger charge is 2.26. The number of carbonyl (C=O) groups is 2. The van der Waals surface area contributed by atoms with Gasteiger partial charge in [-0.05, 0) is 26.2 Å². The molecule has 0 radical (unpaired) electrons. The van der Waals surface area contributed by atoms with Crippen molar-refractivity contribution in [3.05, 3.63) is 41.6 Å². The van der Waals surface area contributed by atoms with Crippen LogP contribution < -0.4 is 10.6 Å². The molecule has 0 bridgehead atoms. The molecule has 1 aromatic carbocycles. The Labute approximate surface area is 129 Å². The van der Waals surface area contributed by atoms with E-state index in [1.54, 1.807) is 12.1 Å². The number of anilines is 1. The molecule has 1 aliphatic heterocycles. The van der Waals surface area contributed by atoms with Crippen LogP contribution in [0.3, 0.4) is 0 Å². The van der Waals surface area contributed by atoms with Gasteiger partial charge in [0.15, 0.2) is 0 Å². The molecule has 0 aliphatic carbocycles. The summed E-state index contributed by atoms with van der Waals surface area (Å²) >= 11 is 0. The first-order chi connectivity index (χ1) is 9.56. The molecule has 0 saturated carbocycles. The van der Waals surface area contributed by atoms with Crippen LogP contribution in [-0.2, 0) is 9.53 Å². The quantitative estimate of drug-likeness (QED) is 0.829. The van der Waals surface area contributed by atoms with E-state index in [0.29, 0.717) is 23.5 Å². The number of hydrogen-bond acceptors (Lipinski definition) is 4. The predicted octanol–water partition coefficient (Wildman–Crippen LogP) is 1.60. The molecule has 0 spiro atoms. The second-order valence-corrected chi connectivity index (χ2v) is 4.72. The standard InChI is InChI=1S/C14H17N3O3.ClH/c1-17(2)8-11-12(9-20-13(11)18)16-14(19)15-10-6-4-3-5-7-10;/h3-7H,8-9H2,1-2H3,(H2,15,16,19);1H. The highest BCUT2D eigenvalue weighted by Crippen LogP contribution is 2.14. The monoisotopic (exact) mass is 311 g/mol. The van der Waals surface area contributed by atoms with Crippen LogP contribution in [0.25, 0.3) is 0 Å². The zero-order valence-corrected chi connectivity index (χ0v) is 12.7. The maximum absolute atomic E-state index is 11.9. The van der Waals surface area contributed by atoms with E-state index in [1.165, 1.54) is 0 Å². The van der Waals surface area contributed by atoms with Crippen molar-refractivity contribution < 1.29 is 14.3 Å². The lowest BCUT2D eigenvalue weighted by atomic mass is 10.2. The van der Waals surface area contributed by atoms with Crippen molar-refractivity contribution in [2.45, 2.75) is 0 Å². The van der Waals surface area contributed by atoms with Gasteiger partial charge in [-0.15, -0.1) is 12.4 Å². The minimum Gasteiger partial charge on any atom is -0.456 e. The van der Waals surface area contributed by atoms with Crippen molar-refractivity contribution in [1.82, 2.24) is 10.2 Å². The molecule has 2 rings (SSSR count). The fraction of sp³-hybridized carbons (Fsp3) is 0.286. The van der Waals surface area contributed by atoms with Crippen LogP contribution in [0.4, 0.5) is 10.5 Å².